The third-order valence-corrected chi connectivity index (χ3v) is 7.86. The summed E-state index contributed by atoms with van der Waals surface area (Å²) in [7, 11) is 0. The van der Waals surface area contributed by atoms with Crippen molar-refractivity contribution in [3.8, 4) is 0 Å². The van der Waals surface area contributed by atoms with Crippen molar-refractivity contribution < 1.29 is 4.79 Å². The van der Waals surface area contributed by atoms with E-state index in [9.17, 15) is 9.59 Å². The van der Waals surface area contributed by atoms with Crippen molar-refractivity contribution in [1.82, 2.24) is 14.5 Å². The Morgan fingerprint density at radius 2 is 2.07 bits per heavy atom. The van der Waals surface area contributed by atoms with Crippen molar-refractivity contribution in [3.63, 3.8) is 0 Å². The van der Waals surface area contributed by atoms with E-state index in [1.165, 1.54) is 28.0 Å². The first-order valence-corrected chi connectivity index (χ1v) is 12.9. The lowest BCUT2D eigenvalue weighted by molar-refractivity contribution is -0.116. The van der Waals surface area contributed by atoms with E-state index in [1.54, 1.807) is 23.2 Å². The molecule has 0 aromatic carbocycles. The molecule has 9 heteroatoms. The molecule has 0 spiro atoms. The summed E-state index contributed by atoms with van der Waals surface area (Å²) in [5.41, 5.74) is 0.941. The van der Waals surface area contributed by atoms with E-state index < -0.39 is 0 Å². The number of thioether (sulfide) groups is 1. The minimum atomic E-state index is -0.00915. The maximum atomic E-state index is 13.2. The predicted octanol–water partition coefficient (Wildman–Crippen LogP) is 5.19. The Kier molecular flexibility index (Phi) is 7.70. The second-order valence-electron chi connectivity index (χ2n) is 7.49. The van der Waals surface area contributed by atoms with E-state index in [-0.39, 0.29) is 11.5 Å². The predicted molar refractivity (Wildman–Crippen MR) is 128 cm³/mol. The standard InChI is InChI=1S/C21H28N4O2S3/c1-6-16-10-17-18(30-16)23-21(25(19(17)27)9-8-13(3)4)29-12-15-11-28-20(22-15)24(7-2)14(5)26/h10-11,13H,6-9,12H2,1-5H3. The summed E-state index contributed by atoms with van der Waals surface area (Å²) in [4.78, 5) is 38.0. The van der Waals surface area contributed by atoms with Gasteiger partial charge in [0.05, 0.1) is 11.1 Å². The average molecular weight is 465 g/mol. The number of rotatable bonds is 9. The monoisotopic (exact) mass is 464 g/mol. The summed E-state index contributed by atoms with van der Waals surface area (Å²) in [5, 5.41) is 4.16. The van der Waals surface area contributed by atoms with Crippen LogP contribution in [0.25, 0.3) is 10.2 Å². The van der Waals surface area contributed by atoms with Crippen LogP contribution in [0.1, 0.15) is 51.6 Å². The molecule has 30 heavy (non-hydrogen) atoms. The van der Waals surface area contributed by atoms with Crippen LogP contribution < -0.4 is 10.5 Å². The summed E-state index contributed by atoms with van der Waals surface area (Å²) in [6.07, 6.45) is 1.83. The molecule has 3 aromatic heterocycles. The second kappa shape index (κ2) is 10.1. The van der Waals surface area contributed by atoms with E-state index in [0.717, 1.165) is 33.9 Å². The molecule has 3 aromatic rings. The van der Waals surface area contributed by atoms with Gasteiger partial charge in [0, 0.05) is 36.0 Å². The van der Waals surface area contributed by atoms with Gasteiger partial charge in [-0.3, -0.25) is 19.1 Å². The minimum absolute atomic E-state index is 0.00915. The van der Waals surface area contributed by atoms with Gasteiger partial charge in [0.2, 0.25) is 5.91 Å². The van der Waals surface area contributed by atoms with Crippen LogP contribution in [0.15, 0.2) is 21.4 Å². The van der Waals surface area contributed by atoms with E-state index in [2.05, 4.69) is 25.8 Å². The molecule has 0 bridgehead atoms. The highest BCUT2D eigenvalue weighted by Gasteiger charge is 2.17. The first-order chi connectivity index (χ1) is 14.3. The van der Waals surface area contributed by atoms with Crippen molar-refractivity contribution in [2.24, 2.45) is 5.92 Å². The van der Waals surface area contributed by atoms with Gasteiger partial charge in [-0.05, 0) is 31.7 Å². The third-order valence-electron chi connectivity index (χ3n) is 4.76. The number of aromatic nitrogens is 3. The average Bonchev–Trinajstić information content (AvgIpc) is 3.33. The van der Waals surface area contributed by atoms with Crippen LogP contribution in [0.5, 0.6) is 0 Å². The van der Waals surface area contributed by atoms with Gasteiger partial charge in [-0.2, -0.15) is 0 Å². The van der Waals surface area contributed by atoms with E-state index in [0.29, 0.717) is 29.9 Å². The number of fused-ring (bicyclic) bond motifs is 1. The Morgan fingerprint density at radius 1 is 1.30 bits per heavy atom. The summed E-state index contributed by atoms with van der Waals surface area (Å²) in [6, 6.07) is 1.99. The lowest BCUT2D eigenvalue weighted by atomic mass is 10.1. The number of thiazole rings is 1. The molecule has 1 amide bonds. The highest BCUT2D eigenvalue weighted by molar-refractivity contribution is 7.98. The zero-order valence-corrected chi connectivity index (χ0v) is 20.5. The van der Waals surface area contributed by atoms with E-state index >= 15 is 0 Å². The molecule has 0 radical (unpaired) electrons. The zero-order chi connectivity index (χ0) is 21.8. The van der Waals surface area contributed by atoms with Crippen LogP contribution in [0, 0.1) is 5.92 Å². The van der Waals surface area contributed by atoms with Gasteiger partial charge in [0.25, 0.3) is 5.56 Å². The molecule has 0 saturated carbocycles. The molecule has 6 nitrogen and oxygen atoms in total. The Morgan fingerprint density at radius 3 is 2.70 bits per heavy atom. The van der Waals surface area contributed by atoms with Crippen LogP contribution in [-0.2, 0) is 23.5 Å². The number of hydrogen-bond acceptors (Lipinski definition) is 7. The summed E-state index contributed by atoms with van der Waals surface area (Å²) in [6.45, 7) is 11.2. The molecule has 162 valence electrons. The van der Waals surface area contributed by atoms with Crippen molar-refractivity contribution in [2.45, 2.75) is 64.9 Å². The van der Waals surface area contributed by atoms with Gasteiger partial charge >= 0.3 is 0 Å². The number of nitrogens with zero attached hydrogens (tertiary/aromatic N) is 4. The molecule has 3 heterocycles. The Balaban J connectivity index is 1.89. The smallest absolute Gasteiger partial charge is 0.262 e. The number of thiophene rings is 1. The summed E-state index contributed by atoms with van der Waals surface area (Å²) >= 11 is 4.61. The minimum Gasteiger partial charge on any atom is -0.289 e. The quantitative estimate of drug-likeness (QED) is 0.322. The van der Waals surface area contributed by atoms with Gasteiger partial charge in [0.15, 0.2) is 10.3 Å². The maximum absolute atomic E-state index is 13.2. The van der Waals surface area contributed by atoms with Gasteiger partial charge in [-0.1, -0.05) is 32.5 Å². The molecule has 3 rings (SSSR count). The van der Waals surface area contributed by atoms with Crippen molar-refractivity contribution in [1.29, 1.82) is 0 Å². The molecule has 0 aliphatic carbocycles. The van der Waals surface area contributed by atoms with Crippen LogP contribution >= 0.6 is 34.4 Å². The van der Waals surface area contributed by atoms with E-state index in [1.807, 2.05) is 22.9 Å². The zero-order valence-electron chi connectivity index (χ0n) is 18.1. The highest BCUT2D eigenvalue weighted by Crippen LogP contribution is 2.29. The number of anilines is 1. The Bertz CT molecular complexity index is 1080. The van der Waals surface area contributed by atoms with Gasteiger partial charge < -0.3 is 0 Å². The maximum Gasteiger partial charge on any atom is 0.262 e. The fourth-order valence-corrected chi connectivity index (χ4v) is 6.00. The van der Waals surface area contributed by atoms with Crippen LogP contribution in [0.3, 0.4) is 0 Å². The number of aryl methyl sites for hydroxylation is 1. The number of hydrogen-bond donors (Lipinski definition) is 0. The SMILES string of the molecule is CCc1cc2c(=O)n(CCC(C)C)c(SCc3csc(N(CC)C(C)=O)n3)nc2s1. The molecular formula is C21H28N4O2S3. The molecule has 0 N–H and O–H groups in total. The first-order valence-electron chi connectivity index (χ1n) is 10.2. The normalized spacial score (nSPS) is 11.5. The topological polar surface area (TPSA) is 68.1 Å². The second-order valence-corrected chi connectivity index (χ2v) is 10.4. The fraction of sp³-hybridized carbons (Fsp3) is 0.524. The van der Waals surface area contributed by atoms with Gasteiger partial charge in [-0.15, -0.1) is 22.7 Å². The molecular weight excluding hydrogens is 436 g/mol. The Labute approximate surface area is 189 Å². The first kappa shape index (κ1) is 23.0. The van der Waals surface area contributed by atoms with Crippen LogP contribution in [0.4, 0.5) is 5.13 Å². The molecule has 0 saturated heterocycles. The largest absolute Gasteiger partial charge is 0.289 e. The molecule has 0 aliphatic rings. The number of carbonyl (C=O) groups is 1. The molecule has 0 aliphatic heterocycles. The van der Waals surface area contributed by atoms with Crippen LogP contribution in [0.2, 0.25) is 0 Å². The van der Waals surface area contributed by atoms with Gasteiger partial charge in [0.1, 0.15) is 4.83 Å². The lowest BCUT2D eigenvalue weighted by Gasteiger charge is -2.14. The van der Waals surface area contributed by atoms with Crippen molar-refractivity contribution in [3.05, 3.63) is 32.4 Å². The molecule has 0 unspecified atom stereocenters. The van der Waals surface area contributed by atoms with Gasteiger partial charge in [-0.25, -0.2) is 9.97 Å². The van der Waals surface area contributed by atoms with Crippen molar-refractivity contribution >= 4 is 55.7 Å². The third kappa shape index (κ3) is 5.12. The molecule has 0 fully saturated rings. The summed E-state index contributed by atoms with van der Waals surface area (Å²) < 4.78 is 1.82. The fourth-order valence-electron chi connectivity index (χ4n) is 3.03. The number of amides is 1. The molecule has 0 atom stereocenters. The summed E-state index contributed by atoms with van der Waals surface area (Å²) in [5.74, 6) is 1.11. The lowest BCUT2D eigenvalue weighted by Crippen LogP contribution is -2.27. The number of carbonyl (C=O) groups excluding carboxylic acids is 1. The van der Waals surface area contributed by atoms with Crippen LogP contribution in [-0.4, -0.2) is 27.0 Å². The van der Waals surface area contributed by atoms with Crippen molar-refractivity contribution in [2.75, 3.05) is 11.4 Å². The highest BCUT2D eigenvalue weighted by atomic mass is 32.2. The van der Waals surface area contributed by atoms with E-state index in [4.69, 9.17) is 4.98 Å². The Hall–Kier alpha value is -1.71.